The van der Waals surface area contributed by atoms with Crippen molar-refractivity contribution in [2.45, 2.75) is 12.8 Å². The Bertz CT molecular complexity index is 523. The molecule has 6 heteroatoms. The maximum Gasteiger partial charge on any atom is 0.307 e. The van der Waals surface area contributed by atoms with Gasteiger partial charge in [-0.1, -0.05) is 28.1 Å². The number of amides is 2. The Balaban J connectivity index is 1.98. The van der Waals surface area contributed by atoms with Crippen LogP contribution in [0.5, 0.6) is 0 Å². The zero-order valence-electron chi connectivity index (χ0n) is 10.7. The third-order valence-electron chi connectivity index (χ3n) is 3.35. The molecule has 106 valence electrons. The van der Waals surface area contributed by atoms with Gasteiger partial charge < -0.3 is 5.11 Å². The van der Waals surface area contributed by atoms with E-state index < -0.39 is 11.9 Å². The molecule has 1 aliphatic heterocycles. The highest BCUT2D eigenvalue weighted by Crippen LogP contribution is 2.23. The number of carboxylic acid groups (broad SMARTS) is 1. The first-order valence-electron chi connectivity index (χ1n) is 6.30. The Hall–Kier alpha value is -1.69. The van der Waals surface area contributed by atoms with Gasteiger partial charge in [-0.3, -0.25) is 19.3 Å². The van der Waals surface area contributed by atoms with Gasteiger partial charge in [0.05, 0.1) is 17.0 Å². The van der Waals surface area contributed by atoms with Crippen LogP contribution in [-0.4, -0.2) is 39.7 Å². The van der Waals surface area contributed by atoms with Crippen molar-refractivity contribution >= 4 is 33.7 Å². The quantitative estimate of drug-likeness (QED) is 0.636. The van der Waals surface area contributed by atoms with Crippen molar-refractivity contribution in [2.75, 3.05) is 11.9 Å². The van der Waals surface area contributed by atoms with Gasteiger partial charge in [-0.2, -0.15) is 0 Å². The molecule has 0 radical (unpaired) electrons. The molecule has 2 amide bonds. The highest BCUT2D eigenvalue weighted by Gasteiger charge is 2.34. The maximum atomic E-state index is 12.1. The molecule has 0 saturated carbocycles. The number of alkyl halides is 1. The highest BCUT2D eigenvalue weighted by atomic mass is 79.9. The highest BCUT2D eigenvalue weighted by molar-refractivity contribution is 9.09. The molecule has 1 N–H and O–H groups in total. The Kier molecular flexibility index (Phi) is 4.54. The molecule has 1 aliphatic rings. The summed E-state index contributed by atoms with van der Waals surface area (Å²) in [7, 11) is 0. The smallest absolute Gasteiger partial charge is 0.307 e. The Morgan fingerprint density at radius 3 is 2.20 bits per heavy atom. The van der Waals surface area contributed by atoms with Gasteiger partial charge in [0.15, 0.2) is 0 Å². The van der Waals surface area contributed by atoms with Crippen LogP contribution in [0, 0.1) is 5.92 Å². The number of rotatable bonds is 6. The fourth-order valence-electron chi connectivity index (χ4n) is 2.20. The second-order valence-corrected chi connectivity index (χ2v) is 5.29. The number of hydrogen-bond acceptors (Lipinski definition) is 3. The van der Waals surface area contributed by atoms with Crippen molar-refractivity contribution in [2.24, 2.45) is 5.92 Å². The van der Waals surface area contributed by atoms with Gasteiger partial charge in [0.1, 0.15) is 0 Å². The van der Waals surface area contributed by atoms with Gasteiger partial charge >= 0.3 is 5.97 Å². The minimum atomic E-state index is -0.871. The number of carboxylic acids is 1. The third kappa shape index (κ3) is 2.75. The van der Waals surface area contributed by atoms with Crippen LogP contribution >= 0.6 is 15.9 Å². The van der Waals surface area contributed by atoms with Gasteiger partial charge in [0.2, 0.25) is 0 Å². The first-order valence-corrected chi connectivity index (χ1v) is 7.42. The van der Waals surface area contributed by atoms with E-state index in [2.05, 4.69) is 15.9 Å². The van der Waals surface area contributed by atoms with E-state index in [1.165, 1.54) is 4.90 Å². The average molecular weight is 340 g/mol. The van der Waals surface area contributed by atoms with E-state index in [1.54, 1.807) is 24.3 Å². The van der Waals surface area contributed by atoms with E-state index in [1.807, 2.05) is 0 Å². The second kappa shape index (κ2) is 6.17. The van der Waals surface area contributed by atoms with Crippen LogP contribution in [0.25, 0.3) is 0 Å². The molecule has 0 bridgehead atoms. The molecule has 1 aromatic rings. The van der Waals surface area contributed by atoms with Crippen LogP contribution in [0.3, 0.4) is 0 Å². The summed E-state index contributed by atoms with van der Waals surface area (Å²) in [5.74, 6) is -1.96. The molecule has 5 nitrogen and oxygen atoms in total. The first-order chi connectivity index (χ1) is 9.56. The standard InChI is InChI=1S/C14H14BrNO4/c15-8-9(14(19)20)4-3-7-16-12(17)10-5-1-2-6-11(10)13(16)18/h1-2,5-6,9H,3-4,7-8H2,(H,19,20). The van der Waals surface area contributed by atoms with Crippen molar-refractivity contribution in [1.82, 2.24) is 4.90 Å². The normalized spacial score (nSPS) is 15.3. The lowest BCUT2D eigenvalue weighted by molar-refractivity contribution is -0.141. The zero-order chi connectivity index (χ0) is 14.7. The minimum Gasteiger partial charge on any atom is -0.481 e. The first kappa shape index (κ1) is 14.7. The molecule has 0 aliphatic carbocycles. The zero-order valence-corrected chi connectivity index (χ0v) is 12.3. The van der Waals surface area contributed by atoms with Crippen molar-refractivity contribution < 1.29 is 19.5 Å². The summed E-state index contributed by atoms with van der Waals surface area (Å²) in [5, 5.41) is 9.30. The molecular weight excluding hydrogens is 326 g/mol. The summed E-state index contributed by atoms with van der Waals surface area (Å²) >= 11 is 3.15. The van der Waals surface area contributed by atoms with Gasteiger partial charge in [0.25, 0.3) is 11.8 Å². The molecule has 20 heavy (non-hydrogen) atoms. The maximum absolute atomic E-state index is 12.1. The van der Waals surface area contributed by atoms with Gasteiger partial charge in [0, 0.05) is 11.9 Å². The summed E-state index contributed by atoms with van der Waals surface area (Å²) in [6, 6.07) is 6.71. The monoisotopic (exact) mass is 339 g/mol. The second-order valence-electron chi connectivity index (χ2n) is 4.64. The fraction of sp³-hybridized carbons (Fsp3) is 0.357. The number of hydrogen-bond donors (Lipinski definition) is 1. The summed E-state index contributed by atoms with van der Waals surface area (Å²) in [6.07, 6.45) is 0.905. The molecule has 0 spiro atoms. The van der Waals surface area contributed by atoms with Gasteiger partial charge in [-0.05, 0) is 25.0 Å². The van der Waals surface area contributed by atoms with Crippen LogP contribution in [-0.2, 0) is 4.79 Å². The third-order valence-corrected chi connectivity index (χ3v) is 4.13. The lowest BCUT2D eigenvalue weighted by Gasteiger charge is -2.15. The van der Waals surface area contributed by atoms with Crippen LogP contribution in [0.15, 0.2) is 24.3 Å². The topological polar surface area (TPSA) is 74.7 Å². The average Bonchev–Trinajstić information content (AvgIpc) is 2.68. The van der Waals surface area contributed by atoms with Crippen LogP contribution in [0.2, 0.25) is 0 Å². The number of carbonyl (C=O) groups is 3. The van der Waals surface area contributed by atoms with Crippen LogP contribution in [0.4, 0.5) is 0 Å². The lowest BCUT2D eigenvalue weighted by Crippen LogP contribution is -2.31. The number of nitrogens with zero attached hydrogens (tertiary/aromatic N) is 1. The number of carbonyl (C=O) groups excluding carboxylic acids is 2. The van der Waals surface area contributed by atoms with Crippen molar-refractivity contribution in [1.29, 1.82) is 0 Å². The predicted octanol–water partition coefficient (Wildman–Crippen LogP) is 2.16. The van der Waals surface area contributed by atoms with Crippen LogP contribution < -0.4 is 0 Å². The lowest BCUT2D eigenvalue weighted by atomic mass is 10.1. The van der Waals surface area contributed by atoms with E-state index in [9.17, 15) is 14.4 Å². The molecule has 0 aromatic heterocycles. The largest absolute Gasteiger partial charge is 0.481 e. The van der Waals surface area contributed by atoms with Crippen LogP contribution in [0.1, 0.15) is 33.6 Å². The minimum absolute atomic E-state index is 0.253. The summed E-state index contributed by atoms with van der Waals surface area (Å²) in [4.78, 5) is 36.2. The van der Waals surface area contributed by atoms with E-state index in [0.717, 1.165) is 0 Å². The molecule has 1 atom stereocenters. The number of fused-ring (bicyclic) bond motifs is 1. The molecule has 0 fully saturated rings. The number of imide groups is 1. The van der Waals surface area contributed by atoms with Crippen molar-refractivity contribution in [3.63, 3.8) is 0 Å². The SMILES string of the molecule is O=C(O)C(CBr)CCCN1C(=O)c2ccccc2C1=O. The Morgan fingerprint density at radius 1 is 1.20 bits per heavy atom. The molecule has 1 unspecified atom stereocenters. The van der Waals surface area contributed by atoms with Gasteiger partial charge in [-0.15, -0.1) is 0 Å². The molecule has 1 aromatic carbocycles. The van der Waals surface area contributed by atoms with E-state index >= 15 is 0 Å². The molecular formula is C14H14BrNO4. The van der Waals surface area contributed by atoms with Gasteiger partial charge in [-0.25, -0.2) is 0 Å². The van der Waals surface area contributed by atoms with E-state index in [4.69, 9.17) is 5.11 Å². The number of benzene rings is 1. The summed E-state index contributed by atoms with van der Waals surface area (Å²) < 4.78 is 0. The summed E-state index contributed by atoms with van der Waals surface area (Å²) in [6.45, 7) is 0.253. The van der Waals surface area contributed by atoms with Crippen molar-refractivity contribution in [3.05, 3.63) is 35.4 Å². The molecule has 2 rings (SSSR count). The van der Waals surface area contributed by atoms with E-state index in [0.29, 0.717) is 29.3 Å². The fourth-order valence-corrected chi connectivity index (χ4v) is 2.81. The molecule has 0 saturated heterocycles. The van der Waals surface area contributed by atoms with E-state index in [-0.39, 0.29) is 18.4 Å². The summed E-state index contributed by atoms with van der Waals surface area (Å²) in [5.41, 5.74) is 0.848. The number of halogens is 1. The Morgan fingerprint density at radius 2 is 1.75 bits per heavy atom. The van der Waals surface area contributed by atoms with Crippen molar-refractivity contribution in [3.8, 4) is 0 Å². The predicted molar refractivity (Wildman–Crippen MR) is 76.0 cm³/mol. The number of aliphatic carboxylic acids is 1. The molecule has 1 heterocycles. The Labute approximate surface area is 124 Å².